The molecule has 0 saturated heterocycles. The molecule has 0 spiro atoms. The van der Waals surface area contributed by atoms with Crippen LogP contribution in [-0.4, -0.2) is 22.6 Å². The van der Waals surface area contributed by atoms with Crippen molar-refractivity contribution in [3.63, 3.8) is 0 Å². The third-order valence-corrected chi connectivity index (χ3v) is 5.38. The van der Waals surface area contributed by atoms with Gasteiger partial charge in [0.05, 0.1) is 27.0 Å². The van der Waals surface area contributed by atoms with Gasteiger partial charge in [-0.1, -0.05) is 0 Å². The second-order valence-corrected chi connectivity index (χ2v) is 6.88. The van der Waals surface area contributed by atoms with E-state index in [-0.39, 0.29) is 11.4 Å². The number of furan rings is 1. The Labute approximate surface area is 136 Å². The van der Waals surface area contributed by atoms with E-state index in [9.17, 15) is 8.42 Å². The van der Waals surface area contributed by atoms with Crippen LogP contribution in [0.1, 0.15) is 22.5 Å². The summed E-state index contributed by atoms with van der Waals surface area (Å²) in [6.45, 7) is 5.44. The van der Waals surface area contributed by atoms with Gasteiger partial charge in [-0.05, 0) is 44.0 Å². The molecule has 0 atom stereocenters. The van der Waals surface area contributed by atoms with Gasteiger partial charge < -0.3 is 13.9 Å². The molecule has 0 unspecified atom stereocenters. The second-order valence-electron chi connectivity index (χ2n) is 5.17. The lowest BCUT2D eigenvalue weighted by atomic mass is 10.0. The highest BCUT2D eigenvalue weighted by molar-refractivity contribution is 7.89. The van der Waals surface area contributed by atoms with Crippen molar-refractivity contribution >= 4 is 10.0 Å². The highest BCUT2D eigenvalue weighted by atomic mass is 32.2. The molecule has 0 aliphatic carbocycles. The second kappa shape index (κ2) is 6.64. The number of hydrogen-bond acceptors (Lipinski definition) is 5. The van der Waals surface area contributed by atoms with Crippen LogP contribution in [0.4, 0.5) is 0 Å². The number of methoxy groups -OCH3 is 2. The summed E-state index contributed by atoms with van der Waals surface area (Å²) >= 11 is 0. The molecule has 6 nitrogen and oxygen atoms in total. The predicted octanol–water partition coefficient (Wildman–Crippen LogP) is 2.70. The maximum absolute atomic E-state index is 12.8. The maximum Gasteiger partial charge on any atom is 0.245 e. The molecule has 1 aromatic carbocycles. The van der Waals surface area contributed by atoms with Gasteiger partial charge in [0, 0.05) is 5.56 Å². The molecule has 2 rings (SSSR count). The van der Waals surface area contributed by atoms with E-state index in [2.05, 4.69) is 4.72 Å². The minimum Gasteiger partial charge on any atom is -0.496 e. The minimum atomic E-state index is -3.80. The Hall–Kier alpha value is -1.99. The summed E-state index contributed by atoms with van der Waals surface area (Å²) in [5.74, 6) is 1.40. The van der Waals surface area contributed by atoms with Crippen molar-refractivity contribution in [3.05, 3.63) is 40.8 Å². The predicted molar refractivity (Wildman–Crippen MR) is 86.5 cm³/mol. The third-order valence-electron chi connectivity index (χ3n) is 3.82. The summed E-state index contributed by atoms with van der Waals surface area (Å²) in [5, 5.41) is 0. The van der Waals surface area contributed by atoms with Crippen LogP contribution in [0.25, 0.3) is 0 Å². The molecule has 0 radical (unpaired) electrons. The lowest BCUT2D eigenvalue weighted by molar-refractivity contribution is 0.383. The first kappa shape index (κ1) is 17.4. The number of sulfonamides is 1. The van der Waals surface area contributed by atoms with Crippen LogP contribution in [0.15, 0.2) is 27.7 Å². The molecule has 126 valence electrons. The van der Waals surface area contributed by atoms with Crippen molar-refractivity contribution in [2.75, 3.05) is 14.2 Å². The highest BCUT2D eigenvalue weighted by Gasteiger charge is 2.28. The molecular formula is C16H21NO5S. The lowest BCUT2D eigenvalue weighted by Crippen LogP contribution is -2.25. The van der Waals surface area contributed by atoms with Crippen LogP contribution in [0.3, 0.4) is 0 Å². The zero-order valence-electron chi connectivity index (χ0n) is 13.9. The standard InChI is InChI=1S/C16H21NO5S/c1-10-11(2)15(21-5)16(12(3)14(10)20-4)23(18,19)17-9-13-7-6-8-22-13/h6-8,17H,9H2,1-5H3. The highest BCUT2D eigenvalue weighted by Crippen LogP contribution is 2.40. The average molecular weight is 339 g/mol. The van der Waals surface area contributed by atoms with Gasteiger partial charge in [-0.2, -0.15) is 0 Å². The summed E-state index contributed by atoms with van der Waals surface area (Å²) in [7, 11) is -0.817. The van der Waals surface area contributed by atoms with Crippen LogP contribution in [0.5, 0.6) is 11.5 Å². The summed E-state index contributed by atoms with van der Waals surface area (Å²) in [6, 6.07) is 3.40. The molecule has 0 aliphatic rings. The molecule has 1 heterocycles. The SMILES string of the molecule is COc1c(C)c(C)c(OC)c(S(=O)(=O)NCc2ccco2)c1C. The van der Waals surface area contributed by atoms with E-state index < -0.39 is 10.0 Å². The quantitative estimate of drug-likeness (QED) is 0.875. The first-order chi connectivity index (χ1) is 10.8. The molecule has 2 aromatic rings. The summed E-state index contributed by atoms with van der Waals surface area (Å²) in [6.07, 6.45) is 1.49. The van der Waals surface area contributed by atoms with E-state index in [1.165, 1.54) is 20.5 Å². The van der Waals surface area contributed by atoms with Gasteiger partial charge in [0.1, 0.15) is 22.2 Å². The smallest absolute Gasteiger partial charge is 0.245 e. The Balaban J connectivity index is 2.54. The fourth-order valence-corrected chi connectivity index (χ4v) is 4.05. The Kier molecular flexibility index (Phi) is 5.01. The van der Waals surface area contributed by atoms with E-state index in [4.69, 9.17) is 13.9 Å². The van der Waals surface area contributed by atoms with Crippen molar-refractivity contribution < 1.29 is 22.3 Å². The molecule has 0 aliphatic heterocycles. The van der Waals surface area contributed by atoms with E-state index in [1.807, 2.05) is 13.8 Å². The topological polar surface area (TPSA) is 77.8 Å². The van der Waals surface area contributed by atoms with Crippen LogP contribution in [-0.2, 0) is 16.6 Å². The average Bonchev–Trinajstić information content (AvgIpc) is 3.02. The maximum atomic E-state index is 12.8. The fraction of sp³-hybridized carbons (Fsp3) is 0.375. The monoisotopic (exact) mass is 339 g/mol. The molecule has 1 aromatic heterocycles. The number of rotatable bonds is 6. The van der Waals surface area contributed by atoms with Gasteiger partial charge in [0.2, 0.25) is 10.0 Å². The van der Waals surface area contributed by atoms with E-state index in [0.717, 1.165) is 11.1 Å². The van der Waals surface area contributed by atoms with Crippen LogP contribution < -0.4 is 14.2 Å². The van der Waals surface area contributed by atoms with Crippen molar-refractivity contribution in [1.29, 1.82) is 0 Å². The Morgan fingerprint density at radius 1 is 1.04 bits per heavy atom. The third kappa shape index (κ3) is 3.20. The van der Waals surface area contributed by atoms with Gasteiger partial charge in [-0.15, -0.1) is 0 Å². The van der Waals surface area contributed by atoms with Gasteiger partial charge in [0.15, 0.2) is 0 Å². The molecular weight excluding hydrogens is 318 g/mol. The molecule has 7 heteroatoms. The first-order valence-electron chi connectivity index (χ1n) is 7.07. The van der Waals surface area contributed by atoms with Gasteiger partial charge in [0.25, 0.3) is 0 Å². The van der Waals surface area contributed by atoms with Crippen molar-refractivity contribution in [3.8, 4) is 11.5 Å². The number of hydrogen-bond donors (Lipinski definition) is 1. The molecule has 0 saturated carbocycles. The zero-order chi connectivity index (χ0) is 17.2. The van der Waals surface area contributed by atoms with E-state index in [1.54, 1.807) is 19.1 Å². The zero-order valence-corrected chi connectivity index (χ0v) is 14.7. The lowest BCUT2D eigenvalue weighted by Gasteiger charge is -2.20. The number of ether oxygens (including phenoxy) is 2. The normalized spacial score (nSPS) is 11.5. The Bertz CT molecular complexity index is 795. The summed E-state index contributed by atoms with van der Waals surface area (Å²) < 4.78 is 44.0. The van der Waals surface area contributed by atoms with Gasteiger partial charge in [-0.3, -0.25) is 0 Å². The first-order valence-corrected chi connectivity index (χ1v) is 8.55. The Morgan fingerprint density at radius 3 is 2.17 bits per heavy atom. The molecule has 0 fully saturated rings. The molecule has 23 heavy (non-hydrogen) atoms. The van der Waals surface area contributed by atoms with Crippen molar-refractivity contribution in [1.82, 2.24) is 4.72 Å². The van der Waals surface area contributed by atoms with Gasteiger partial charge >= 0.3 is 0 Å². The van der Waals surface area contributed by atoms with Crippen molar-refractivity contribution in [2.24, 2.45) is 0 Å². The molecule has 0 amide bonds. The van der Waals surface area contributed by atoms with E-state index in [0.29, 0.717) is 22.8 Å². The fourth-order valence-electron chi connectivity index (χ4n) is 2.59. The molecule has 0 bridgehead atoms. The van der Waals surface area contributed by atoms with E-state index >= 15 is 0 Å². The summed E-state index contributed by atoms with van der Waals surface area (Å²) in [5.41, 5.74) is 2.10. The minimum absolute atomic E-state index is 0.0627. The van der Waals surface area contributed by atoms with Crippen LogP contribution in [0.2, 0.25) is 0 Å². The van der Waals surface area contributed by atoms with Gasteiger partial charge in [-0.25, -0.2) is 13.1 Å². The number of nitrogens with one attached hydrogen (secondary N) is 1. The summed E-state index contributed by atoms with van der Waals surface area (Å²) in [4.78, 5) is 0.0894. The molecule has 1 N–H and O–H groups in total. The van der Waals surface area contributed by atoms with Crippen LogP contribution in [0, 0.1) is 20.8 Å². The number of benzene rings is 1. The largest absolute Gasteiger partial charge is 0.496 e. The van der Waals surface area contributed by atoms with Crippen LogP contribution >= 0.6 is 0 Å². The Morgan fingerprint density at radius 2 is 1.65 bits per heavy atom. The van der Waals surface area contributed by atoms with Crippen molar-refractivity contribution in [2.45, 2.75) is 32.2 Å².